The van der Waals surface area contributed by atoms with Crippen molar-refractivity contribution in [3.05, 3.63) is 22.4 Å². The summed E-state index contributed by atoms with van der Waals surface area (Å²) in [6, 6.07) is 5.13. The second-order valence-electron chi connectivity index (χ2n) is 6.16. The van der Waals surface area contributed by atoms with Gasteiger partial charge in [-0.1, -0.05) is 18.9 Å². The molecule has 19 heavy (non-hydrogen) atoms. The summed E-state index contributed by atoms with van der Waals surface area (Å²) in [5.41, 5.74) is 0. The van der Waals surface area contributed by atoms with Crippen molar-refractivity contribution in [2.45, 2.75) is 44.6 Å². The first kappa shape index (κ1) is 13.6. The van der Waals surface area contributed by atoms with E-state index in [2.05, 4.69) is 28.1 Å². The molecule has 106 valence electrons. The van der Waals surface area contributed by atoms with Gasteiger partial charge in [-0.05, 0) is 68.6 Å². The number of rotatable bonds is 5. The molecule has 2 unspecified atom stereocenters. The first-order chi connectivity index (χ1) is 9.43. The molecular weight excluding hydrogens is 252 g/mol. The zero-order valence-electron chi connectivity index (χ0n) is 11.7. The molecule has 2 atom stereocenters. The molecule has 1 saturated carbocycles. The smallest absolute Gasteiger partial charge is 0.0443 e. The van der Waals surface area contributed by atoms with E-state index < -0.39 is 0 Å². The minimum Gasteiger partial charge on any atom is -0.316 e. The quantitative estimate of drug-likeness (QED) is 0.860. The summed E-state index contributed by atoms with van der Waals surface area (Å²) in [6.07, 6.45) is 8.43. The lowest BCUT2D eigenvalue weighted by Crippen LogP contribution is -2.38. The van der Waals surface area contributed by atoms with E-state index in [1.165, 1.54) is 58.2 Å². The van der Waals surface area contributed by atoms with Gasteiger partial charge in [-0.25, -0.2) is 0 Å². The topological polar surface area (TPSA) is 24.1 Å². The minimum absolute atomic E-state index is 0.615. The molecule has 2 heterocycles. The van der Waals surface area contributed by atoms with Crippen molar-refractivity contribution < 1.29 is 0 Å². The highest BCUT2D eigenvalue weighted by molar-refractivity contribution is 7.10. The normalized spacial score (nSPS) is 26.6. The Hall–Kier alpha value is -0.380. The summed E-state index contributed by atoms with van der Waals surface area (Å²) in [6.45, 7) is 3.61. The number of nitrogens with one attached hydrogen (secondary N) is 2. The van der Waals surface area contributed by atoms with Crippen molar-refractivity contribution in [3.8, 4) is 0 Å². The maximum absolute atomic E-state index is 3.90. The summed E-state index contributed by atoms with van der Waals surface area (Å²) in [5.74, 6) is 1.70. The van der Waals surface area contributed by atoms with Gasteiger partial charge < -0.3 is 10.6 Å². The zero-order valence-corrected chi connectivity index (χ0v) is 12.6. The Morgan fingerprint density at radius 1 is 1.26 bits per heavy atom. The second-order valence-corrected chi connectivity index (χ2v) is 7.14. The number of hydrogen-bond donors (Lipinski definition) is 2. The first-order valence-electron chi connectivity index (χ1n) is 7.91. The molecule has 3 rings (SSSR count). The van der Waals surface area contributed by atoms with Gasteiger partial charge in [0.2, 0.25) is 0 Å². The lowest BCUT2D eigenvalue weighted by molar-refractivity contribution is 0.307. The van der Waals surface area contributed by atoms with Crippen LogP contribution < -0.4 is 10.6 Å². The van der Waals surface area contributed by atoms with E-state index >= 15 is 0 Å². The fraction of sp³-hybridized carbons (Fsp3) is 0.750. The van der Waals surface area contributed by atoms with Crippen molar-refractivity contribution >= 4 is 11.3 Å². The molecule has 1 saturated heterocycles. The van der Waals surface area contributed by atoms with Crippen molar-refractivity contribution in [1.29, 1.82) is 0 Å². The average molecular weight is 278 g/mol. The molecule has 1 aromatic rings. The molecule has 2 aliphatic rings. The molecule has 2 nitrogen and oxygen atoms in total. The Labute approximate surface area is 121 Å². The lowest BCUT2D eigenvalue weighted by atomic mass is 9.94. The molecule has 1 aliphatic carbocycles. The monoisotopic (exact) mass is 278 g/mol. The Morgan fingerprint density at radius 3 is 2.84 bits per heavy atom. The standard InChI is InChI=1S/C16H26N2S/c1-2-7-14(6-1)16(15-8-4-10-19-15)18-12-13-5-3-9-17-11-13/h4,8,10,13-14,16-18H,1-3,5-7,9,11-12H2. The van der Waals surface area contributed by atoms with E-state index in [1.807, 2.05) is 11.3 Å². The van der Waals surface area contributed by atoms with Gasteiger partial charge in [0, 0.05) is 10.9 Å². The van der Waals surface area contributed by atoms with Crippen LogP contribution in [-0.4, -0.2) is 19.6 Å². The summed E-state index contributed by atoms with van der Waals surface area (Å²) < 4.78 is 0. The maximum Gasteiger partial charge on any atom is 0.0443 e. The Kier molecular flexibility index (Phi) is 4.91. The molecule has 1 aliphatic heterocycles. The summed E-state index contributed by atoms with van der Waals surface area (Å²) in [5, 5.41) is 9.65. The van der Waals surface area contributed by atoms with Gasteiger partial charge in [0.05, 0.1) is 0 Å². The van der Waals surface area contributed by atoms with Crippen LogP contribution in [0, 0.1) is 11.8 Å². The van der Waals surface area contributed by atoms with Crippen LogP contribution in [0.15, 0.2) is 17.5 Å². The van der Waals surface area contributed by atoms with Crippen LogP contribution in [0.1, 0.15) is 49.4 Å². The molecule has 0 radical (unpaired) electrons. The second kappa shape index (κ2) is 6.87. The van der Waals surface area contributed by atoms with Crippen molar-refractivity contribution in [2.24, 2.45) is 11.8 Å². The molecule has 2 fully saturated rings. The van der Waals surface area contributed by atoms with E-state index in [1.54, 1.807) is 4.88 Å². The third kappa shape index (κ3) is 3.59. The van der Waals surface area contributed by atoms with Gasteiger partial charge in [-0.2, -0.15) is 0 Å². The molecule has 1 aromatic heterocycles. The van der Waals surface area contributed by atoms with Crippen LogP contribution in [0.25, 0.3) is 0 Å². The molecule has 0 aromatic carbocycles. The van der Waals surface area contributed by atoms with Gasteiger partial charge in [0.15, 0.2) is 0 Å². The fourth-order valence-corrected chi connectivity index (χ4v) is 4.54. The van der Waals surface area contributed by atoms with E-state index in [4.69, 9.17) is 0 Å². The maximum atomic E-state index is 3.90. The molecule has 0 amide bonds. The Bertz CT molecular complexity index is 351. The number of hydrogen-bond acceptors (Lipinski definition) is 3. The van der Waals surface area contributed by atoms with Crippen LogP contribution in [0.3, 0.4) is 0 Å². The summed E-state index contributed by atoms with van der Waals surface area (Å²) in [7, 11) is 0. The van der Waals surface area contributed by atoms with E-state index in [0.717, 1.165) is 11.8 Å². The van der Waals surface area contributed by atoms with Crippen LogP contribution in [0.2, 0.25) is 0 Å². The van der Waals surface area contributed by atoms with Crippen molar-refractivity contribution in [2.75, 3.05) is 19.6 Å². The molecular formula is C16H26N2S. The minimum atomic E-state index is 0.615. The van der Waals surface area contributed by atoms with Crippen molar-refractivity contribution in [3.63, 3.8) is 0 Å². The highest BCUT2D eigenvalue weighted by Gasteiger charge is 2.27. The number of piperidine rings is 1. The molecule has 3 heteroatoms. The highest BCUT2D eigenvalue weighted by Crippen LogP contribution is 2.37. The molecule has 2 N–H and O–H groups in total. The van der Waals surface area contributed by atoms with Crippen LogP contribution in [0.4, 0.5) is 0 Å². The van der Waals surface area contributed by atoms with Gasteiger partial charge in [0.1, 0.15) is 0 Å². The highest BCUT2D eigenvalue weighted by atomic mass is 32.1. The lowest BCUT2D eigenvalue weighted by Gasteiger charge is -2.28. The zero-order chi connectivity index (χ0) is 12.9. The number of thiophene rings is 1. The van der Waals surface area contributed by atoms with Gasteiger partial charge in [0.25, 0.3) is 0 Å². The molecule has 0 spiro atoms. The fourth-order valence-electron chi connectivity index (χ4n) is 3.65. The Balaban J connectivity index is 1.58. The van der Waals surface area contributed by atoms with E-state index in [0.29, 0.717) is 6.04 Å². The Morgan fingerprint density at radius 2 is 2.16 bits per heavy atom. The van der Waals surface area contributed by atoms with Crippen LogP contribution >= 0.6 is 11.3 Å². The van der Waals surface area contributed by atoms with Gasteiger partial charge in [-0.3, -0.25) is 0 Å². The largest absolute Gasteiger partial charge is 0.316 e. The predicted octanol–water partition coefficient (Wildman–Crippen LogP) is 3.57. The van der Waals surface area contributed by atoms with E-state index in [9.17, 15) is 0 Å². The van der Waals surface area contributed by atoms with Crippen molar-refractivity contribution in [1.82, 2.24) is 10.6 Å². The molecule has 0 bridgehead atoms. The summed E-state index contributed by atoms with van der Waals surface area (Å²) in [4.78, 5) is 1.55. The first-order valence-corrected chi connectivity index (χ1v) is 8.79. The third-order valence-electron chi connectivity index (χ3n) is 4.75. The van der Waals surface area contributed by atoms with Gasteiger partial charge >= 0.3 is 0 Å². The van der Waals surface area contributed by atoms with Crippen LogP contribution in [-0.2, 0) is 0 Å². The van der Waals surface area contributed by atoms with Gasteiger partial charge in [-0.15, -0.1) is 11.3 Å². The van der Waals surface area contributed by atoms with E-state index in [-0.39, 0.29) is 0 Å². The predicted molar refractivity (Wildman–Crippen MR) is 82.6 cm³/mol. The van der Waals surface area contributed by atoms with Crippen LogP contribution in [0.5, 0.6) is 0 Å². The SMILES string of the molecule is c1csc(C(NCC2CCCNC2)C2CCCC2)c1. The third-order valence-corrected chi connectivity index (χ3v) is 5.70. The summed E-state index contributed by atoms with van der Waals surface area (Å²) >= 11 is 1.93. The average Bonchev–Trinajstić information content (AvgIpc) is 3.13.